The van der Waals surface area contributed by atoms with Crippen molar-refractivity contribution in [1.29, 1.82) is 0 Å². The maximum absolute atomic E-state index is 12.0. The van der Waals surface area contributed by atoms with E-state index in [9.17, 15) is 67.1 Å². The van der Waals surface area contributed by atoms with Crippen LogP contribution in [0.3, 0.4) is 0 Å². The fourth-order valence-corrected chi connectivity index (χ4v) is 11.4. The molecule has 14 amide bonds. The number of benzene rings is 2. The first-order valence-electron chi connectivity index (χ1n) is 34.4. The summed E-state index contributed by atoms with van der Waals surface area (Å²) in [6, 6.07) is 16.8. The summed E-state index contributed by atoms with van der Waals surface area (Å²) in [5, 5.41) is 0. The van der Waals surface area contributed by atoms with Crippen LogP contribution in [0.15, 0.2) is 188 Å². The van der Waals surface area contributed by atoms with Crippen molar-refractivity contribution in [3.63, 3.8) is 0 Å². The van der Waals surface area contributed by atoms with Crippen molar-refractivity contribution in [2.75, 3.05) is 104 Å². The molecular weight excluding hydrogens is 1400 g/mol. The summed E-state index contributed by atoms with van der Waals surface area (Å²) in [7, 11) is 0. The lowest BCUT2D eigenvalue weighted by Gasteiger charge is -2.26. The number of likely N-dealkylation sites (tertiary alicyclic amines) is 4. The molecule has 10 heterocycles. The summed E-state index contributed by atoms with van der Waals surface area (Å²) in [5.41, 5.74) is 2.96. The minimum atomic E-state index is -0.605. The molecular formula is C78H100N10O18S. The molecule has 4 unspecified atom stereocenters. The van der Waals surface area contributed by atoms with E-state index in [0.29, 0.717) is 82.7 Å². The van der Waals surface area contributed by atoms with Gasteiger partial charge >= 0.3 is 6.09 Å². The number of hydrogen-bond donors (Lipinski definition) is 0. The molecule has 4 atom stereocenters. The maximum Gasteiger partial charge on any atom is 0.417 e. The predicted octanol–water partition coefficient (Wildman–Crippen LogP) is 7.81. The van der Waals surface area contributed by atoms with Crippen LogP contribution < -0.4 is 0 Å². The Morgan fingerprint density at radius 2 is 1.07 bits per heavy atom. The highest BCUT2D eigenvalue weighted by molar-refractivity contribution is 7.99. The fourth-order valence-electron chi connectivity index (χ4n) is 10.5. The average Bonchev–Trinajstić information content (AvgIpc) is 1.66. The molecule has 0 aliphatic carbocycles. The van der Waals surface area contributed by atoms with E-state index >= 15 is 0 Å². The zero-order valence-corrected chi connectivity index (χ0v) is 62.5. The van der Waals surface area contributed by atoms with Gasteiger partial charge in [0.15, 0.2) is 0 Å². The lowest BCUT2D eigenvalue weighted by Crippen LogP contribution is -2.42. The molecule has 10 aliphatic rings. The third kappa shape index (κ3) is 29.5. The normalized spacial score (nSPS) is 20.5. The fraction of sp³-hybridized carbons (Fsp3) is 0.385. The highest BCUT2D eigenvalue weighted by Gasteiger charge is 2.39. The maximum atomic E-state index is 12.0. The van der Waals surface area contributed by atoms with Gasteiger partial charge in [0.1, 0.15) is 32.5 Å². The van der Waals surface area contributed by atoms with Crippen LogP contribution in [-0.2, 0) is 76.5 Å². The van der Waals surface area contributed by atoms with Crippen LogP contribution in [0.2, 0.25) is 0 Å². The molecule has 12 rings (SSSR count). The zero-order chi connectivity index (χ0) is 79.7. The van der Waals surface area contributed by atoms with Gasteiger partial charge < -0.3 is 48.3 Å². The highest BCUT2D eigenvalue weighted by Crippen LogP contribution is 2.29. The first-order valence-corrected chi connectivity index (χ1v) is 35.6. The first kappa shape index (κ1) is 90.2. The van der Waals surface area contributed by atoms with Crippen molar-refractivity contribution < 1.29 is 86.1 Å². The standard InChI is InChI=1S/C13H13NO3.C13H15NO2.C7H11NOS.3C7H11NO.C6H7NO3.C6H9NO2.C6H7NO2.C6H5NO2/c1-9(2)12(15)14-11(8-17-13(14)16)10-6-4-3-5-7-10;1-2-11-3-5-12(6-4-11)13(15)14-7-9-16-10-8-14;1-2-7(9)8-3-5-10-6-4-8;1-3-8-5-6(2)4-7(8)9;1-3-8-5-4-6(2)7(8)9;1-3-8-6(2)4-5-7(8)9;1-2-7-5(8)3-10-4-6(7)9;1-2-7-3-4-9-5-6(7)8;2*1-2-7-5(8)3-4-6(7)9/h3-7,11H,1,8H2,2H3;2-6H,1,7-10H2;2H,1,3-6H2;3*3,6H,1,4-5H2,2H3;2H,1,3-4H2;2H,1,3-5H2;2H,1,3-4H2;2-4H,1H2. The van der Waals surface area contributed by atoms with Crippen molar-refractivity contribution >= 4 is 101 Å². The number of rotatable bonds is 12. The van der Waals surface area contributed by atoms with Crippen LogP contribution in [0.25, 0.3) is 6.08 Å². The third-order valence-electron chi connectivity index (χ3n) is 16.6. The van der Waals surface area contributed by atoms with Gasteiger partial charge in [-0.1, -0.05) is 128 Å². The number of morpholine rings is 3. The topological polar surface area (TPSA) is 308 Å². The number of thioether (sulfide) groups is 1. The first-order chi connectivity index (χ1) is 51.1. The number of hydrogen-bond acceptors (Lipinski definition) is 19. The Hall–Kier alpha value is -11.0. The Kier molecular flexibility index (Phi) is 40.6. The number of cyclic esters (lactones) is 1. The molecule has 9 saturated heterocycles. The Morgan fingerprint density at radius 3 is 1.45 bits per heavy atom. The molecule has 0 saturated carbocycles. The van der Waals surface area contributed by atoms with Gasteiger partial charge in [0, 0.05) is 137 Å². The smallest absolute Gasteiger partial charge is 0.417 e. The van der Waals surface area contributed by atoms with E-state index in [1.54, 1.807) is 51.2 Å². The number of ether oxygens (including phenoxy) is 4. The van der Waals surface area contributed by atoms with Gasteiger partial charge in [0.05, 0.1) is 19.8 Å². The van der Waals surface area contributed by atoms with E-state index < -0.39 is 6.09 Å². The Balaban J connectivity index is 0.000000312. The van der Waals surface area contributed by atoms with Gasteiger partial charge in [0.25, 0.3) is 41.4 Å². The van der Waals surface area contributed by atoms with Gasteiger partial charge in [-0.15, -0.1) is 0 Å². The quantitative estimate of drug-likeness (QED) is 0.144. The summed E-state index contributed by atoms with van der Waals surface area (Å²) in [4.78, 5) is 168. The van der Waals surface area contributed by atoms with Crippen LogP contribution in [0.4, 0.5) is 4.79 Å². The number of carbonyl (C=O) groups excluding carboxylic acids is 14. The molecule has 0 N–H and O–H groups in total. The molecule has 29 heteroatoms. The average molecular weight is 1500 g/mol. The van der Waals surface area contributed by atoms with E-state index in [1.165, 1.54) is 43.0 Å². The van der Waals surface area contributed by atoms with Crippen molar-refractivity contribution in [3.05, 3.63) is 204 Å². The van der Waals surface area contributed by atoms with Crippen LogP contribution in [0.1, 0.15) is 93.7 Å². The molecule has 107 heavy (non-hydrogen) atoms. The van der Waals surface area contributed by atoms with E-state index in [2.05, 4.69) is 77.4 Å². The predicted molar refractivity (Wildman–Crippen MR) is 405 cm³/mol. The van der Waals surface area contributed by atoms with E-state index in [1.807, 2.05) is 90.0 Å². The largest absolute Gasteiger partial charge is 0.446 e. The van der Waals surface area contributed by atoms with Gasteiger partial charge in [-0.25, -0.2) is 9.69 Å². The molecule has 28 nitrogen and oxygen atoms in total. The van der Waals surface area contributed by atoms with E-state index in [4.69, 9.17) is 14.2 Å². The summed E-state index contributed by atoms with van der Waals surface area (Å²) in [5.74, 6) is 1.60. The Bertz CT molecular complexity index is 3520. The van der Waals surface area contributed by atoms with Crippen LogP contribution in [0, 0.1) is 11.8 Å². The molecule has 0 bridgehead atoms. The summed E-state index contributed by atoms with van der Waals surface area (Å²) in [6.45, 7) is 50.1. The Morgan fingerprint density at radius 1 is 0.523 bits per heavy atom. The number of nitrogens with zero attached hydrogens (tertiary/aromatic N) is 10. The minimum Gasteiger partial charge on any atom is -0.446 e. The SMILES string of the molecule is C=C(C)C(=O)N1C(=O)OCC1c1ccccc1.C=CC(=O)N1CCSCC1.C=CN1C(=O)C=CC1=O.C=CN1C(=O)CCC1=O.C=CN1C(=O)CCC1C.C=CN1C(=O)COCC1=O.C=CN1CC(C)CC1=O.C=CN1CCC(C)C1=O.C=CN1CCOCC1=O.C=Cc1ccc(C(=O)N2CCOCC2)cc1. The summed E-state index contributed by atoms with van der Waals surface area (Å²) >= 11 is 1.90. The third-order valence-corrected chi connectivity index (χ3v) is 17.5. The van der Waals surface area contributed by atoms with Gasteiger partial charge in [0.2, 0.25) is 35.4 Å². The second kappa shape index (κ2) is 48.2. The molecule has 0 spiro atoms. The van der Waals surface area contributed by atoms with E-state index in [-0.39, 0.29) is 115 Å². The van der Waals surface area contributed by atoms with Crippen molar-refractivity contribution in [1.82, 2.24) is 49.0 Å². The van der Waals surface area contributed by atoms with Gasteiger partial charge in [-0.05, 0) is 86.7 Å². The zero-order valence-electron chi connectivity index (χ0n) is 61.7. The second-order valence-electron chi connectivity index (χ2n) is 24.2. The lowest BCUT2D eigenvalue weighted by atomic mass is 10.1. The summed E-state index contributed by atoms with van der Waals surface area (Å²) in [6.07, 6.45) is 19.0. The molecule has 9 fully saturated rings. The second-order valence-corrected chi connectivity index (χ2v) is 25.4. The number of carbonyl (C=O) groups is 14. The monoisotopic (exact) mass is 1500 g/mol. The Labute approximate surface area is 630 Å². The van der Waals surface area contributed by atoms with Gasteiger partial charge in [-0.2, -0.15) is 11.8 Å². The van der Waals surface area contributed by atoms with Crippen LogP contribution >= 0.6 is 11.8 Å². The van der Waals surface area contributed by atoms with Crippen molar-refractivity contribution in [2.45, 2.75) is 78.3 Å². The van der Waals surface area contributed by atoms with Crippen LogP contribution in [-0.4, -0.2) is 241 Å². The number of amides is 14. The number of imide groups is 4. The molecule has 0 radical (unpaired) electrons. The minimum absolute atomic E-state index is 0.00347. The summed E-state index contributed by atoms with van der Waals surface area (Å²) < 4.78 is 19.7. The van der Waals surface area contributed by atoms with Gasteiger partial charge in [-0.3, -0.25) is 77.0 Å². The van der Waals surface area contributed by atoms with E-state index in [0.717, 1.165) is 86.8 Å². The molecule has 10 aliphatic heterocycles. The lowest BCUT2D eigenvalue weighted by molar-refractivity contribution is -0.155. The molecule has 0 aromatic heterocycles. The molecule has 576 valence electrons. The van der Waals surface area contributed by atoms with Crippen LogP contribution in [0.5, 0.6) is 0 Å². The molecule has 2 aromatic rings. The van der Waals surface area contributed by atoms with Crippen molar-refractivity contribution in [3.8, 4) is 0 Å². The highest BCUT2D eigenvalue weighted by atomic mass is 32.2. The molecule has 2 aromatic carbocycles. The van der Waals surface area contributed by atoms with Crippen molar-refractivity contribution in [2.24, 2.45) is 11.8 Å².